The summed E-state index contributed by atoms with van der Waals surface area (Å²) in [5, 5.41) is 3.93. The molecule has 1 aliphatic rings. The molecule has 1 aliphatic carbocycles. The van der Waals surface area contributed by atoms with E-state index < -0.39 is 0 Å². The lowest BCUT2D eigenvalue weighted by molar-refractivity contribution is -0.123. The van der Waals surface area contributed by atoms with Gasteiger partial charge in [-0.1, -0.05) is 13.3 Å². The minimum absolute atomic E-state index is 0.00106. The van der Waals surface area contributed by atoms with E-state index in [1.165, 1.54) is 36.0 Å². The topological polar surface area (TPSA) is 64.1 Å². The molecule has 1 unspecified atom stereocenters. The molecule has 5 nitrogen and oxygen atoms in total. The van der Waals surface area contributed by atoms with E-state index in [1.807, 2.05) is 13.8 Å². The first kappa shape index (κ1) is 16.2. The van der Waals surface area contributed by atoms with Gasteiger partial charge in [0.15, 0.2) is 6.61 Å². The quantitative estimate of drug-likeness (QED) is 0.853. The van der Waals surface area contributed by atoms with Crippen molar-refractivity contribution in [2.45, 2.75) is 58.4 Å². The normalized spacial score (nSPS) is 15.7. The molecule has 6 heteroatoms. The van der Waals surface area contributed by atoms with E-state index in [4.69, 9.17) is 4.74 Å². The molecule has 2 aromatic heterocycles. The van der Waals surface area contributed by atoms with Crippen LogP contribution in [0.3, 0.4) is 0 Å². The highest BCUT2D eigenvalue weighted by Crippen LogP contribution is 2.38. The number of hydrogen-bond acceptors (Lipinski definition) is 5. The first-order valence-corrected chi connectivity index (χ1v) is 9.18. The van der Waals surface area contributed by atoms with Crippen molar-refractivity contribution in [3.8, 4) is 5.88 Å². The molecule has 1 atom stereocenters. The number of amides is 1. The number of nitrogens with zero attached hydrogens (tertiary/aromatic N) is 2. The zero-order valence-electron chi connectivity index (χ0n) is 13.7. The van der Waals surface area contributed by atoms with Gasteiger partial charge < -0.3 is 10.1 Å². The second-order valence-corrected chi connectivity index (χ2v) is 7.17. The van der Waals surface area contributed by atoms with E-state index in [2.05, 4.69) is 15.3 Å². The standard InChI is InChI=1S/C17H23N3O2S/c1-3-11(2)20-14(21)9-22-16-15-12-7-5-4-6-8-13(12)23-17(15)19-10-18-16/h10-11H,3-9H2,1-2H3,(H,20,21). The van der Waals surface area contributed by atoms with Crippen molar-refractivity contribution >= 4 is 27.5 Å². The van der Waals surface area contributed by atoms with Gasteiger partial charge in [-0.25, -0.2) is 9.97 Å². The van der Waals surface area contributed by atoms with Gasteiger partial charge in [0, 0.05) is 10.9 Å². The first-order valence-electron chi connectivity index (χ1n) is 8.36. The van der Waals surface area contributed by atoms with Gasteiger partial charge in [-0.15, -0.1) is 11.3 Å². The predicted molar refractivity (Wildman–Crippen MR) is 92.1 cm³/mol. The Kier molecular flexibility index (Phi) is 5.10. The van der Waals surface area contributed by atoms with Gasteiger partial charge in [0.25, 0.3) is 5.91 Å². The van der Waals surface area contributed by atoms with Crippen LogP contribution in [0.5, 0.6) is 5.88 Å². The average molecular weight is 333 g/mol. The molecule has 0 radical (unpaired) electrons. The van der Waals surface area contributed by atoms with Gasteiger partial charge in [0.05, 0.1) is 5.39 Å². The maximum atomic E-state index is 11.9. The molecular formula is C17H23N3O2S. The Bertz CT molecular complexity index is 698. The molecule has 0 saturated carbocycles. The summed E-state index contributed by atoms with van der Waals surface area (Å²) in [5.74, 6) is 0.445. The lowest BCUT2D eigenvalue weighted by Gasteiger charge is -2.12. The fourth-order valence-corrected chi connectivity index (χ4v) is 4.12. The number of ether oxygens (including phenoxy) is 1. The highest BCUT2D eigenvalue weighted by Gasteiger charge is 2.20. The molecular weight excluding hydrogens is 310 g/mol. The number of carbonyl (C=O) groups excluding carboxylic acids is 1. The lowest BCUT2D eigenvalue weighted by Crippen LogP contribution is -2.35. The molecule has 1 amide bonds. The van der Waals surface area contributed by atoms with Crippen LogP contribution in [0.25, 0.3) is 10.2 Å². The van der Waals surface area contributed by atoms with Gasteiger partial charge in [-0.2, -0.15) is 0 Å². The van der Waals surface area contributed by atoms with Crippen molar-refractivity contribution in [1.29, 1.82) is 0 Å². The van der Waals surface area contributed by atoms with Crippen molar-refractivity contribution in [2.75, 3.05) is 6.61 Å². The van der Waals surface area contributed by atoms with Crippen LogP contribution in [0.2, 0.25) is 0 Å². The number of nitrogens with one attached hydrogen (secondary N) is 1. The number of hydrogen-bond donors (Lipinski definition) is 1. The third-order valence-electron chi connectivity index (χ3n) is 4.33. The minimum atomic E-state index is -0.104. The Balaban J connectivity index is 1.81. The van der Waals surface area contributed by atoms with Gasteiger partial charge in [-0.3, -0.25) is 4.79 Å². The smallest absolute Gasteiger partial charge is 0.258 e. The molecule has 0 aliphatic heterocycles. The summed E-state index contributed by atoms with van der Waals surface area (Å²) in [6.45, 7) is 4.03. The van der Waals surface area contributed by atoms with Crippen LogP contribution in [0, 0.1) is 0 Å². The third-order valence-corrected chi connectivity index (χ3v) is 5.53. The van der Waals surface area contributed by atoms with Gasteiger partial charge in [0.2, 0.25) is 5.88 Å². The Morgan fingerprint density at radius 3 is 3.00 bits per heavy atom. The maximum Gasteiger partial charge on any atom is 0.258 e. The van der Waals surface area contributed by atoms with Crippen LogP contribution < -0.4 is 10.1 Å². The zero-order valence-corrected chi connectivity index (χ0v) is 14.5. The monoisotopic (exact) mass is 333 g/mol. The second-order valence-electron chi connectivity index (χ2n) is 6.09. The van der Waals surface area contributed by atoms with Gasteiger partial charge in [0.1, 0.15) is 11.2 Å². The number of aryl methyl sites for hydroxylation is 2. The molecule has 23 heavy (non-hydrogen) atoms. The first-order chi connectivity index (χ1) is 11.2. The fraction of sp³-hybridized carbons (Fsp3) is 0.588. The molecule has 0 aromatic carbocycles. The van der Waals surface area contributed by atoms with Crippen LogP contribution in [0.15, 0.2) is 6.33 Å². The summed E-state index contributed by atoms with van der Waals surface area (Å²) >= 11 is 1.74. The number of aromatic nitrogens is 2. The second kappa shape index (κ2) is 7.25. The van der Waals surface area contributed by atoms with Crippen molar-refractivity contribution in [3.05, 3.63) is 16.8 Å². The predicted octanol–water partition coefficient (Wildman–Crippen LogP) is 3.25. The number of carbonyl (C=O) groups is 1. The van der Waals surface area contributed by atoms with Crippen molar-refractivity contribution in [1.82, 2.24) is 15.3 Å². The van der Waals surface area contributed by atoms with Gasteiger partial charge >= 0.3 is 0 Å². The Morgan fingerprint density at radius 1 is 1.35 bits per heavy atom. The molecule has 0 bridgehead atoms. The molecule has 1 N–H and O–H groups in total. The van der Waals surface area contributed by atoms with Crippen molar-refractivity contribution in [3.63, 3.8) is 0 Å². The molecule has 3 rings (SSSR count). The fourth-order valence-electron chi connectivity index (χ4n) is 2.90. The summed E-state index contributed by atoms with van der Waals surface area (Å²) in [7, 11) is 0. The molecule has 0 saturated heterocycles. The lowest BCUT2D eigenvalue weighted by atomic mass is 10.1. The highest BCUT2D eigenvalue weighted by atomic mass is 32.1. The van der Waals surface area contributed by atoms with Crippen LogP contribution in [-0.2, 0) is 17.6 Å². The van der Waals surface area contributed by atoms with E-state index in [0.717, 1.165) is 29.5 Å². The van der Waals surface area contributed by atoms with Crippen LogP contribution in [0.4, 0.5) is 0 Å². The number of fused-ring (bicyclic) bond motifs is 3. The summed E-state index contributed by atoms with van der Waals surface area (Å²) < 4.78 is 5.74. The van der Waals surface area contributed by atoms with Crippen LogP contribution in [0.1, 0.15) is 50.0 Å². The SMILES string of the molecule is CCC(C)NC(=O)COc1ncnc2sc3c(c12)CCCCC3. The van der Waals surface area contributed by atoms with Gasteiger partial charge in [-0.05, 0) is 44.6 Å². The van der Waals surface area contributed by atoms with Crippen molar-refractivity contribution < 1.29 is 9.53 Å². The van der Waals surface area contributed by atoms with Crippen molar-refractivity contribution in [2.24, 2.45) is 0 Å². The molecule has 0 spiro atoms. The Hall–Kier alpha value is -1.69. The zero-order chi connectivity index (χ0) is 16.2. The summed E-state index contributed by atoms with van der Waals surface area (Å²) in [4.78, 5) is 23.0. The van der Waals surface area contributed by atoms with E-state index >= 15 is 0 Å². The molecule has 2 aromatic rings. The maximum absolute atomic E-state index is 11.9. The van der Waals surface area contributed by atoms with E-state index in [9.17, 15) is 4.79 Å². The van der Waals surface area contributed by atoms with Crippen LogP contribution in [-0.4, -0.2) is 28.5 Å². The Morgan fingerprint density at radius 2 is 2.17 bits per heavy atom. The summed E-state index contributed by atoms with van der Waals surface area (Å²) in [5.41, 5.74) is 1.33. The largest absolute Gasteiger partial charge is 0.467 e. The molecule has 0 fully saturated rings. The molecule has 2 heterocycles. The van der Waals surface area contributed by atoms with E-state index in [-0.39, 0.29) is 18.6 Å². The summed E-state index contributed by atoms with van der Waals surface area (Å²) in [6, 6.07) is 0.161. The molecule has 124 valence electrons. The Labute approximate surface area is 140 Å². The van der Waals surface area contributed by atoms with E-state index in [1.54, 1.807) is 11.3 Å². The van der Waals surface area contributed by atoms with Crippen LogP contribution >= 0.6 is 11.3 Å². The third kappa shape index (κ3) is 3.63. The number of rotatable bonds is 5. The average Bonchev–Trinajstić information content (AvgIpc) is 2.75. The number of thiophene rings is 1. The highest BCUT2D eigenvalue weighted by molar-refractivity contribution is 7.18. The van der Waals surface area contributed by atoms with E-state index in [0.29, 0.717) is 5.88 Å². The minimum Gasteiger partial charge on any atom is -0.467 e. The summed E-state index contributed by atoms with van der Waals surface area (Å²) in [6.07, 6.45) is 8.30.